The molecule has 1 aliphatic heterocycles. The van der Waals surface area contributed by atoms with E-state index in [4.69, 9.17) is 5.11 Å². The molecule has 1 saturated heterocycles. The molecule has 1 aromatic carbocycles. The average Bonchev–Trinajstić information content (AvgIpc) is 2.47. The lowest BCUT2D eigenvalue weighted by Crippen LogP contribution is -2.43. The number of rotatable bonds is 2. The molecule has 0 amide bonds. The molecule has 0 bridgehead atoms. The highest BCUT2D eigenvalue weighted by atomic mass is 16.7. The van der Waals surface area contributed by atoms with Gasteiger partial charge in [0.25, 0.3) is 0 Å². The quantitative estimate of drug-likeness (QED) is 0.811. The van der Waals surface area contributed by atoms with Gasteiger partial charge in [0.2, 0.25) is 0 Å². The van der Waals surface area contributed by atoms with Gasteiger partial charge in [-0.05, 0) is 18.2 Å². The van der Waals surface area contributed by atoms with Gasteiger partial charge in [-0.2, -0.15) is 0 Å². The Labute approximate surface area is 116 Å². The predicted octanol–water partition coefficient (Wildman–Crippen LogP) is 1.70. The zero-order chi connectivity index (χ0) is 13.9. The second-order valence-electron chi connectivity index (χ2n) is 4.65. The molecule has 0 aliphatic carbocycles. The van der Waals surface area contributed by atoms with Crippen LogP contribution in [0.2, 0.25) is 0 Å². The van der Waals surface area contributed by atoms with Gasteiger partial charge < -0.3 is 20.1 Å². The molecule has 6 nitrogen and oxygen atoms in total. The van der Waals surface area contributed by atoms with Gasteiger partial charge in [-0.25, -0.2) is 4.79 Å². The highest BCUT2D eigenvalue weighted by Crippen LogP contribution is 2.24. The van der Waals surface area contributed by atoms with Crippen LogP contribution in [0.3, 0.4) is 0 Å². The van der Waals surface area contributed by atoms with Crippen LogP contribution >= 0.6 is 0 Å². The Balaban J connectivity index is 1.89. The number of fused-ring (bicyclic) bond motifs is 1. The Kier molecular flexibility index (Phi) is 3.39. The first-order valence-corrected chi connectivity index (χ1v) is 6.49. The Hall–Kier alpha value is -2.34. The lowest BCUT2D eigenvalue weighted by molar-refractivity contribution is 0.144. The minimum absolute atomic E-state index is 0.236. The monoisotopic (exact) mass is 273 g/mol. The van der Waals surface area contributed by atoms with Gasteiger partial charge in [0, 0.05) is 37.3 Å². The lowest BCUT2D eigenvalue weighted by atomic mass is 10.1. The topological polar surface area (TPSA) is 74.7 Å². The number of hydrogen-bond donors (Lipinski definition) is 2. The van der Waals surface area contributed by atoms with Gasteiger partial charge in [-0.1, -0.05) is 6.07 Å². The van der Waals surface area contributed by atoms with Crippen LogP contribution in [-0.2, 0) is 0 Å². The van der Waals surface area contributed by atoms with Gasteiger partial charge in [-0.15, -0.1) is 0 Å². The molecule has 0 unspecified atom stereocenters. The Morgan fingerprint density at radius 3 is 2.85 bits per heavy atom. The normalized spacial score (nSPS) is 15.3. The van der Waals surface area contributed by atoms with Crippen LogP contribution in [-0.4, -0.2) is 42.4 Å². The van der Waals surface area contributed by atoms with Crippen molar-refractivity contribution < 1.29 is 14.6 Å². The summed E-state index contributed by atoms with van der Waals surface area (Å²) in [7, 11) is 0. The van der Waals surface area contributed by atoms with E-state index >= 15 is 0 Å². The van der Waals surface area contributed by atoms with Gasteiger partial charge in [0.05, 0.1) is 11.7 Å². The molecule has 104 valence electrons. The van der Waals surface area contributed by atoms with E-state index < -0.39 is 6.16 Å². The molecule has 6 heteroatoms. The van der Waals surface area contributed by atoms with E-state index in [1.54, 1.807) is 6.07 Å². The van der Waals surface area contributed by atoms with Crippen molar-refractivity contribution in [3.05, 3.63) is 30.5 Å². The summed E-state index contributed by atoms with van der Waals surface area (Å²) in [6.07, 6.45) is 0.0986. The van der Waals surface area contributed by atoms with Crippen LogP contribution in [0.15, 0.2) is 30.5 Å². The molecular formula is C14H15N3O3. The summed E-state index contributed by atoms with van der Waals surface area (Å²) in [5.74, 6) is 0.236. The molecule has 1 aliphatic rings. The minimum atomic E-state index is -1.33. The molecule has 2 heterocycles. The molecule has 20 heavy (non-hydrogen) atoms. The van der Waals surface area contributed by atoms with Gasteiger partial charge in [0.15, 0.2) is 5.75 Å². The number of nitrogens with zero attached hydrogens (tertiary/aromatic N) is 2. The maximum absolute atomic E-state index is 10.5. The molecular weight excluding hydrogens is 258 g/mol. The summed E-state index contributed by atoms with van der Waals surface area (Å²) >= 11 is 0. The standard InChI is InChI=1S/C14H15N3O3/c18-14(19)20-12-7-10-1-2-11(8-13(10)16-9-12)17-5-3-15-4-6-17/h1-2,7-9,15H,3-6H2,(H,18,19). The van der Waals surface area contributed by atoms with Crippen molar-refractivity contribution in [2.24, 2.45) is 0 Å². The summed E-state index contributed by atoms with van der Waals surface area (Å²) < 4.78 is 4.60. The molecule has 1 aromatic heterocycles. The van der Waals surface area contributed by atoms with E-state index in [0.717, 1.165) is 42.8 Å². The first kappa shape index (κ1) is 12.7. The van der Waals surface area contributed by atoms with Gasteiger partial charge >= 0.3 is 6.16 Å². The first-order chi connectivity index (χ1) is 9.72. The summed E-state index contributed by atoms with van der Waals surface area (Å²) in [4.78, 5) is 17.1. The fourth-order valence-corrected chi connectivity index (χ4v) is 2.37. The Morgan fingerprint density at radius 2 is 2.10 bits per heavy atom. The molecule has 0 spiro atoms. The molecule has 0 radical (unpaired) electrons. The number of anilines is 1. The van der Waals surface area contributed by atoms with Crippen molar-refractivity contribution in [1.29, 1.82) is 0 Å². The second-order valence-corrected chi connectivity index (χ2v) is 4.65. The van der Waals surface area contributed by atoms with Gasteiger partial charge in [-0.3, -0.25) is 4.98 Å². The average molecular weight is 273 g/mol. The number of carboxylic acid groups (broad SMARTS) is 1. The molecule has 0 atom stereocenters. The number of nitrogens with one attached hydrogen (secondary N) is 1. The van der Waals surface area contributed by atoms with E-state index in [1.807, 2.05) is 18.2 Å². The first-order valence-electron chi connectivity index (χ1n) is 6.49. The maximum atomic E-state index is 10.5. The van der Waals surface area contributed by atoms with Crippen LogP contribution in [0.4, 0.5) is 10.5 Å². The third-order valence-corrected chi connectivity index (χ3v) is 3.33. The number of carbonyl (C=O) groups is 1. The van der Waals surface area contributed by atoms with Crippen molar-refractivity contribution in [1.82, 2.24) is 10.3 Å². The number of benzene rings is 1. The van der Waals surface area contributed by atoms with Crippen LogP contribution in [0, 0.1) is 0 Å². The number of ether oxygens (including phenoxy) is 1. The minimum Gasteiger partial charge on any atom is -0.449 e. The van der Waals surface area contributed by atoms with Crippen molar-refractivity contribution in [3.8, 4) is 5.75 Å². The van der Waals surface area contributed by atoms with Crippen molar-refractivity contribution in [2.75, 3.05) is 31.1 Å². The SMILES string of the molecule is O=C(O)Oc1cnc2cc(N3CCNCC3)ccc2c1. The van der Waals surface area contributed by atoms with Gasteiger partial charge in [0.1, 0.15) is 0 Å². The molecule has 2 N–H and O–H groups in total. The Bertz CT molecular complexity index is 639. The zero-order valence-electron chi connectivity index (χ0n) is 10.9. The van der Waals surface area contributed by atoms with Crippen molar-refractivity contribution in [2.45, 2.75) is 0 Å². The fourth-order valence-electron chi connectivity index (χ4n) is 2.37. The predicted molar refractivity (Wildman–Crippen MR) is 75.5 cm³/mol. The molecule has 3 rings (SSSR count). The summed E-state index contributed by atoms with van der Waals surface area (Å²) in [5, 5.41) is 12.8. The van der Waals surface area contributed by atoms with E-state index in [0.29, 0.717) is 0 Å². The third-order valence-electron chi connectivity index (χ3n) is 3.33. The lowest BCUT2D eigenvalue weighted by Gasteiger charge is -2.29. The van der Waals surface area contributed by atoms with E-state index in [-0.39, 0.29) is 5.75 Å². The summed E-state index contributed by atoms with van der Waals surface area (Å²) in [6, 6.07) is 7.66. The smallest absolute Gasteiger partial charge is 0.449 e. The molecule has 0 saturated carbocycles. The number of hydrogen-bond acceptors (Lipinski definition) is 5. The highest BCUT2D eigenvalue weighted by Gasteiger charge is 2.11. The second kappa shape index (κ2) is 5.34. The van der Waals surface area contributed by atoms with E-state index in [2.05, 4.69) is 19.9 Å². The van der Waals surface area contributed by atoms with Crippen molar-refractivity contribution in [3.63, 3.8) is 0 Å². The van der Waals surface area contributed by atoms with Crippen LogP contribution in [0.25, 0.3) is 10.9 Å². The fraction of sp³-hybridized carbons (Fsp3) is 0.286. The zero-order valence-corrected chi connectivity index (χ0v) is 10.9. The number of piperazine rings is 1. The van der Waals surface area contributed by atoms with Crippen LogP contribution in [0.1, 0.15) is 0 Å². The van der Waals surface area contributed by atoms with Crippen molar-refractivity contribution >= 4 is 22.7 Å². The largest absolute Gasteiger partial charge is 0.511 e. The number of aromatic nitrogens is 1. The number of pyridine rings is 1. The Morgan fingerprint density at radius 1 is 1.30 bits per heavy atom. The summed E-state index contributed by atoms with van der Waals surface area (Å²) in [5.41, 5.74) is 1.97. The van der Waals surface area contributed by atoms with E-state index in [9.17, 15) is 4.79 Å². The molecule has 1 fully saturated rings. The highest BCUT2D eigenvalue weighted by molar-refractivity contribution is 5.83. The van der Waals surface area contributed by atoms with Crippen LogP contribution in [0.5, 0.6) is 5.75 Å². The summed E-state index contributed by atoms with van der Waals surface area (Å²) in [6.45, 7) is 3.92. The maximum Gasteiger partial charge on any atom is 0.511 e. The van der Waals surface area contributed by atoms with Crippen LogP contribution < -0.4 is 15.0 Å². The third kappa shape index (κ3) is 2.65. The molecule has 2 aromatic rings. The van der Waals surface area contributed by atoms with E-state index in [1.165, 1.54) is 6.20 Å².